The van der Waals surface area contributed by atoms with E-state index in [1.54, 1.807) is 0 Å². The highest BCUT2D eigenvalue weighted by molar-refractivity contribution is 6.53. The number of allylic oxidation sites excluding steroid dienone is 2. The van der Waals surface area contributed by atoms with E-state index in [0.717, 1.165) is 19.3 Å². The molecular weight excluding hydrogens is 504 g/mol. The third-order valence-electron chi connectivity index (χ3n) is 11.5. The van der Waals surface area contributed by atoms with Crippen LogP contribution in [0, 0.1) is 0 Å². The van der Waals surface area contributed by atoms with E-state index in [2.05, 4.69) is 85.5 Å². The lowest BCUT2D eigenvalue weighted by Gasteiger charge is -2.35. The summed E-state index contributed by atoms with van der Waals surface area (Å²) in [4.78, 5) is 0. The number of hydrogen-bond acceptors (Lipinski definition) is 0. The normalized spacial score (nSPS) is 17.3. The molecule has 0 amide bonds. The Bertz CT molecular complexity index is 2950. The van der Waals surface area contributed by atoms with Gasteiger partial charge in [-0.2, -0.15) is 0 Å². The standard InChI is InChI=1S/C42H24/c1-3-20-22-10-5-12-25-26-14-7-16-28-30-18-8-17-29-27-15-6-13-24-23-11-4-9-21-19(2)31(20)37-38(32(21)23)40(34(24)27)42(36(29)30)41(35(26)28)39(37)33(22)25/h3,5-8,11-18,25H,1-2,4,9-10H2. The van der Waals surface area contributed by atoms with Gasteiger partial charge in [-0.05, 0) is 144 Å². The molecule has 3 aliphatic rings. The minimum absolute atomic E-state index is 0.263. The molecule has 0 saturated carbocycles. The zero-order valence-corrected chi connectivity index (χ0v) is 23.1. The van der Waals surface area contributed by atoms with Crippen LogP contribution in [0.4, 0.5) is 0 Å². The maximum atomic E-state index is 4.88. The smallest absolute Gasteiger partial charge is 0.0285 e. The Morgan fingerprint density at radius 1 is 0.619 bits per heavy atom. The summed E-state index contributed by atoms with van der Waals surface area (Å²) in [5.74, 6) is 0.263. The van der Waals surface area contributed by atoms with Crippen LogP contribution in [-0.4, -0.2) is 0 Å². The first-order chi connectivity index (χ1) is 20.8. The van der Waals surface area contributed by atoms with Crippen LogP contribution in [0.1, 0.15) is 40.2 Å². The SMILES string of the molecule is C=Cc1c2c3c4c5c1c(=C)c1c6c(c7cccc8c9cccc%10c%11cccc(c%11c4c(c%109)c(c78)c65)C3C=CC2)=CCC1. The molecule has 42 heavy (non-hydrogen) atoms. The van der Waals surface area contributed by atoms with E-state index >= 15 is 0 Å². The predicted octanol–water partition coefficient (Wildman–Crippen LogP) is 9.56. The molecule has 0 fully saturated rings. The summed E-state index contributed by atoms with van der Waals surface area (Å²) in [5.41, 5.74) is 7.20. The van der Waals surface area contributed by atoms with Gasteiger partial charge in [-0.25, -0.2) is 0 Å². The molecule has 0 N–H and O–H groups in total. The second kappa shape index (κ2) is 6.42. The largest absolute Gasteiger partial charge is 0.0984 e. The fraction of sp³-hybridized carbons (Fsp3) is 0.0952. The van der Waals surface area contributed by atoms with Gasteiger partial charge in [0, 0.05) is 5.92 Å². The second-order valence-corrected chi connectivity index (χ2v) is 13.0. The van der Waals surface area contributed by atoms with Gasteiger partial charge in [0.2, 0.25) is 0 Å². The first-order valence-corrected chi connectivity index (χ1v) is 15.3. The van der Waals surface area contributed by atoms with Gasteiger partial charge in [0.25, 0.3) is 0 Å². The minimum atomic E-state index is 0.263. The zero-order chi connectivity index (χ0) is 27.2. The highest BCUT2D eigenvalue weighted by Gasteiger charge is 2.36. The van der Waals surface area contributed by atoms with E-state index in [9.17, 15) is 0 Å². The maximum Gasteiger partial charge on any atom is 0.0285 e. The Hall–Kier alpha value is -4.94. The van der Waals surface area contributed by atoms with E-state index in [1.807, 2.05) is 0 Å². The van der Waals surface area contributed by atoms with Crippen LogP contribution in [0.15, 0.2) is 73.3 Å². The van der Waals surface area contributed by atoms with Crippen LogP contribution in [0.25, 0.3) is 105 Å². The number of hydrogen-bond donors (Lipinski definition) is 0. The lowest BCUT2D eigenvalue weighted by atomic mass is 9.67. The van der Waals surface area contributed by atoms with Crippen molar-refractivity contribution in [3.05, 3.63) is 112 Å². The fourth-order valence-electron chi connectivity index (χ4n) is 10.2. The van der Waals surface area contributed by atoms with Gasteiger partial charge >= 0.3 is 0 Å². The molecule has 9 aromatic carbocycles. The monoisotopic (exact) mass is 528 g/mol. The summed E-state index contributed by atoms with van der Waals surface area (Å²) < 4.78 is 0. The van der Waals surface area contributed by atoms with E-state index in [1.165, 1.54) is 124 Å². The van der Waals surface area contributed by atoms with Gasteiger partial charge in [-0.3, -0.25) is 0 Å². The Kier molecular flexibility index (Phi) is 3.19. The summed E-state index contributed by atoms with van der Waals surface area (Å²) in [7, 11) is 0. The number of fused-ring (bicyclic) bond motifs is 4. The van der Waals surface area contributed by atoms with Crippen molar-refractivity contribution in [1.82, 2.24) is 0 Å². The minimum Gasteiger partial charge on any atom is -0.0984 e. The van der Waals surface area contributed by atoms with Gasteiger partial charge in [-0.1, -0.05) is 92.1 Å². The van der Waals surface area contributed by atoms with Crippen molar-refractivity contribution in [2.24, 2.45) is 0 Å². The summed E-state index contributed by atoms with van der Waals surface area (Å²) in [5, 5.41) is 25.6. The third-order valence-corrected chi connectivity index (χ3v) is 11.5. The van der Waals surface area contributed by atoms with Crippen LogP contribution >= 0.6 is 0 Å². The van der Waals surface area contributed by atoms with Crippen molar-refractivity contribution >= 4 is 105 Å². The van der Waals surface area contributed by atoms with Gasteiger partial charge in [0.05, 0.1) is 0 Å². The van der Waals surface area contributed by atoms with Crippen LogP contribution in [0.5, 0.6) is 0 Å². The summed E-state index contributed by atoms with van der Waals surface area (Å²) in [6.45, 7) is 9.31. The number of aryl methyl sites for hydroxylation is 1. The first-order valence-electron chi connectivity index (χ1n) is 15.3. The predicted molar refractivity (Wildman–Crippen MR) is 182 cm³/mol. The molecule has 0 saturated heterocycles. The first kappa shape index (κ1) is 20.9. The Balaban J connectivity index is 1.65. The quantitative estimate of drug-likeness (QED) is 0.113. The van der Waals surface area contributed by atoms with E-state index < -0.39 is 0 Å². The van der Waals surface area contributed by atoms with Crippen molar-refractivity contribution in [3.63, 3.8) is 0 Å². The van der Waals surface area contributed by atoms with Gasteiger partial charge in [0.1, 0.15) is 0 Å². The molecule has 0 aliphatic heterocycles. The summed E-state index contributed by atoms with van der Waals surface area (Å²) in [6, 6.07) is 21.1. The Labute approximate surface area is 241 Å². The number of rotatable bonds is 1. The van der Waals surface area contributed by atoms with E-state index in [-0.39, 0.29) is 5.92 Å². The fourth-order valence-corrected chi connectivity index (χ4v) is 10.2. The maximum absolute atomic E-state index is 4.88. The molecule has 1 atom stereocenters. The van der Waals surface area contributed by atoms with Crippen molar-refractivity contribution < 1.29 is 0 Å². The van der Waals surface area contributed by atoms with Crippen LogP contribution < -0.4 is 10.4 Å². The van der Waals surface area contributed by atoms with E-state index in [4.69, 9.17) is 6.58 Å². The molecule has 3 aliphatic carbocycles. The van der Waals surface area contributed by atoms with Crippen LogP contribution in [0.3, 0.4) is 0 Å². The van der Waals surface area contributed by atoms with Gasteiger partial charge < -0.3 is 0 Å². The molecule has 192 valence electrons. The number of benzene rings is 9. The molecule has 0 spiro atoms. The molecule has 0 heteroatoms. The summed E-state index contributed by atoms with van der Waals surface area (Å²) >= 11 is 0. The van der Waals surface area contributed by atoms with Crippen molar-refractivity contribution in [2.75, 3.05) is 0 Å². The zero-order valence-electron chi connectivity index (χ0n) is 23.1. The molecule has 0 aromatic heterocycles. The average Bonchev–Trinajstić information content (AvgIpc) is 3.04. The third kappa shape index (κ3) is 1.88. The lowest BCUT2D eigenvalue weighted by molar-refractivity contribution is 0.973. The molecule has 9 aromatic rings. The van der Waals surface area contributed by atoms with Crippen molar-refractivity contribution in [1.29, 1.82) is 0 Å². The van der Waals surface area contributed by atoms with Crippen molar-refractivity contribution in [2.45, 2.75) is 25.2 Å². The van der Waals surface area contributed by atoms with Crippen LogP contribution in [0.2, 0.25) is 0 Å². The Morgan fingerprint density at radius 3 is 2.00 bits per heavy atom. The average molecular weight is 529 g/mol. The van der Waals surface area contributed by atoms with Crippen molar-refractivity contribution in [3.8, 4) is 0 Å². The lowest BCUT2D eigenvalue weighted by Crippen LogP contribution is -2.23. The highest BCUT2D eigenvalue weighted by Crippen LogP contribution is 2.58. The topological polar surface area (TPSA) is 0 Å². The summed E-state index contributed by atoms with van der Waals surface area (Å²) in [6.07, 6.45) is 12.6. The van der Waals surface area contributed by atoms with Gasteiger partial charge in [0.15, 0.2) is 0 Å². The second-order valence-electron chi connectivity index (χ2n) is 13.0. The van der Waals surface area contributed by atoms with Gasteiger partial charge in [-0.15, -0.1) is 0 Å². The molecule has 0 nitrogen and oxygen atoms in total. The molecule has 0 radical (unpaired) electrons. The van der Waals surface area contributed by atoms with E-state index in [0.29, 0.717) is 0 Å². The Morgan fingerprint density at radius 2 is 1.24 bits per heavy atom. The molecule has 1 unspecified atom stereocenters. The molecule has 0 bridgehead atoms. The highest BCUT2D eigenvalue weighted by atomic mass is 14.4. The molecule has 0 heterocycles. The molecule has 12 rings (SSSR count). The molecular formula is C42H24. The van der Waals surface area contributed by atoms with Crippen LogP contribution in [-0.2, 0) is 12.8 Å².